The van der Waals surface area contributed by atoms with Gasteiger partial charge in [0.15, 0.2) is 17.3 Å². The molecule has 0 saturated carbocycles. The third-order valence-corrected chi connectivity index (χ3v) is 7.30. The Balaban J connectivity index is 1.35. The van der Waals surface area contributed by atoms with Crippen molar-refractivity contribution in [2.45, 2.75) is 51.6 Å². The molecule has 6 heteroatoms. The van der Waals surface area contributed by atoms with Gasteiger partial charge in [-0.25, -0.2) is 0 Å². The van der Waals surface area contributed by atoms with E-state index in [2.05, 4.69) is 19.2 Å². The molecule has 39 heavy (non-hydrogen) atoms. The highest BCUT2D eigenvalue weighted by atomic mass is 16.5. The lowest BCUT2D eigenvalue weighted by atomic mass is 9.73. The predicted octanol–water partition coefficient (Wildman–Crippen LogP) is 6.31. The van der Waals surface area contributed by atoms with E-state index in [1.165, 1.54) is 0 Å². The zero-order chi connectivity index (χ0) is 27.4. The van der Waals surface area contributed by atoms with Crippen LogP contribution in [0.5, 0.6) is 17.2 Å². The molecule has 1 heterocycles. The number of ketones is 1. The second kappa shape index (κ2) is 11.8. The number of methoxy groups -OCH3 is 1. The molecule has 0 bridgehead atoms. The van der Waals surface area contributed by atoms with Crippen molar-refractivity contribution in [3.63, 3.8) is 0 Å². The number of ether oxygens (including phenoxy) is 3. The van der Waals surface area contributed by atoms with Gasteiger partial charge in [-0.1, -0.05) is 62.4 Å². The fraction of sp³-hybridized carbons (Fsp3) is 0.333. The van der Waals surface area contributed by atoms with Crippen LogP contribution in [0.3, 0.4) is 0 Å². The van der Waals surface area contributed by atoms with E-state index in [0.29, 0.717) is 49.0 Å². The summed E-state index contributed by atoms with van der Waals surface area (Å²) in [6, 6.07) is 23.6. The maximum absolute atomic E-state index is 13.5. The molecule has 5 rings (SSSR count). The fourth-order valence-electron chi connectivity index (χ4n) is 5.34. The third-order valence-electron chi connectivity index (χ3n) is 7.30. The fourth-order valence-corrected chi connectivity index (χ4v) is 5.34. The zero-order valence-electron chi connectivity index (χ0n) is 22.7. The van der Waals surface area contributed by atoms with Gasteiger partial charge in [-0.15, -0.1) is 0 Å². The van der Waals surface area contributed by atoms with Gasteiger partial charge >= 0.3 is 0 Å². The van der Waals surface area contributed by atoms with Crippen LogP contribution in [0.1, 0.15) is 61.6 Å². The van der Waals surface area contributed by atoms with Crippen molar-refractivity contribution in [2.24, 2.45) is 5.92 Å². The summed E-state index contributed by atoms with van der Waals surface area (Å²) < 4.78 is 17.5. The Hall–Kier alpha value is -4.06. The summed E-state index contributed by atoms with van der Waals surface area (Å²) in [7, 11) is 1.60. The average Bonchev–Trinajstić information content (AvgIpc) is 2.95. The smallest absolute Gasteiger partial charge is 0.225 e. The van der Waals surface area contributed by atoms with Gasteiger partial charge in [-0.05, 0) is 59.2 Å². The Morgan fingerprint density at radius 1 is 0.846 bits per heavy atom. The molecule has 6 nitrogen and oxygen atoms in total. The van der Waals surface area contributed by atoms with Crippen LogP contribution >= 0.6 is 0 Å². The SMILES string of the molecule is COc1cc(C2CC(=O)NC3=C2C(=O)CC(c2ccc(OCC(C)C)cc2)C3)ccc1OCc1ccccc1. The first-order chi connectivity index (χ1) is 18.9. The lowest BCUT2D eigenvalue weighted by Gasteiger charge is -2.34. The molecule has 0 radical (unpaired) electrons. The summed E-state index contributed by atoms with van der Waals surface area (Å²) in [6.07, 6.45) is 1.25. The summed E-state index contributed by atoms with van der Waals surface area (Å²) in [5.41, 5.74) is 4.45. The Bertz CT molecular complexity index is 1360. The van der Waals surface area contributed by atoms with Gasteiger partial charge in [-0.3, -0.25) is 9.59 Å². The Morgan fingerprint density at radius 2 is 1.59 bits per heavy atom. The molecule has 0 spiro atoms. The minimum Gasteiger partial charge on any atom is -0.493 e. The monoisotopic (exact) mass is 525 g/mol. The number of nitrogens with one attached hydrogen (secondary N) is 1. The largest absolute Gasteiger partial charge is 0.493 e. The van der Waals surface area contributed by atoms with E-state index in [4.69, 9.17) is 14.2 Å². The lowest BCUT2D eigenvalue weighted by molar-refractivity contribution is -0.122. The first-order valence-electron chi connectivity index (χ1n) is 13.5. The molecule has 2 aliphatic rings. The maximum atomic E-state index is 13.5. The van der Waals surface area contributed by atoms with Crippen LogP contribution in [0.2, 0.25) is 0 Å². The number of rotatable bonds is 9. The van der Waals surface area contributed by atoms with Crippen molar-refractivity contribution in [3.05, 3.63) is 101 Å². The van der Waals surface area contributed by atoms with Crippen molar-refractivity contribution in [3.8, 4) is 17.2 Å². The summed E-state index contributed by atoms with van der Waals surface area (Å²) in [5, 5.41) is 3.01. The first kappa shape index (κ1) is 26.5. The second-order valence-corrected chi connectivity index (χ2v) is 10.7. The van der Waals surface area contributed by atoms with Crippen molar-refractivity contribution >= 4 is 11.7 Å². The molecule has 202 valence electrons. The lowest BCUT2D eigenvalue weighted by Crippen LogP contribution is -2.38. The van der Waals surface area contributed by atoms with Gasteiger partial charge < -0.3 is 19.5 Å². The number of amides is 1. The number of carbonyl (C=O) groups excluding carboxylic acids is 2. The van der Waals surface area contributed by atoms with Gasteiger partial charge in [0, 0.05) is 30.0 Å². The van der Waals surface area contributed by atoms with Crippen LogP contribution in [0.4, 0.5) is 0 Å². The number of carbonyl (C=O) groups is 2. The van der Waals surface area contributed by atoms with E-state index in [-0.39, 0.29) is 29.9 Å². The highest BCUT2D eigenvalue weighted by Gasteiger charge is 2.38. The maximum Gasteiger partial charge on any atom is 0.225 e. The van der Waals surface area contributed by atoms with Gasteiger partial charge in [0.1, 0.15) is 12.4 Å². The Kier molecular flexibility index (Phi) is 8.01. The highest BCUT2D eigenvalue weighted by molar-refractivity contribution is 6.02. The standard InChI is InChI=1S/C33H35NO5/c1-21(2)19-38-26-12-9-23(10-13-26)25-15-28-33(29(35)16-25)27(18-32(36)34-28)24-11-14-30(31(17-24)37-3)39-20-22-7-5-4-6-8-22/h4-14,17,21,25,27H,15-16,18-20H2,1-3H3,(H,34,36). The van der Waals surface area contributed by atoms with E-state index in [0.717, 1.165) is 28.1 Å². The number of allylic oxidation sites excluding steroid dienone is 2. The molecule has 2 unspecified atom stereocenters. The van der Waals surface area contributed by atoms with Crippen LogP contribution in [0.15, 0.2) is 84.1 Å². The molecule has 1 aliphatic carbocycles. The van der Waals surface area contributed by atoms with Crippen LogP contribution in [-0.4, -0.2) is 25.4 Å². The number of hydrogen-bond acceptors (Lipinski definition) is 5. The van der Waals surface area contributed by atoms with Crippen molar-refractivity contribution in [2.75, 3.05) is 13.7 Å². The minimum absolute atomic E-state index is 0.0118. The molecule has 1 aliphatic heterocycles. The van der Waals surface area contributed by atoms with Gasteiger partial charge in [0.05, 0.1) is 13.7 Å². The van der Waals surface area contributed by atoms with Crippen LogP contribution in [-0.2, 0) is 16.2 Å². The molecule has 2 atom stereocenters. The molecule has 0 fully saturated rings. The van der Waals surface area contributed by atoms with Crippen LogP contribution in [0.25, 0.3) is 0 Å². The van der Waals surface area contributed by atoms with Gasteiger partial charge in [0.2, 0.25) is 5.91 Å². The minimum atomic E-state index is -0.314. The summed E-state index contributed by atoms with van der Waals surface area (Å²) in [4.78, 5) is 26.3. The number of Topliss-reactive ketones (excluding diaryl/α,β-unsaturated/α-hetero) is 1. The molecule has 1 amide bonds. The molecule has 3 aromatic rings. The Labute approximate surface area is 230 Å². The summed E-state index contributed by atoms with van der Waals surface area (Å²) >= 11 is 0. The van der Waals surface area contributed by atoms with E-state index >= 15 is 0 Å². The molecular weight excluding hydrogens is 490 g/mol. The van der Waals surface area contributed by atoms with E-state index < -0.39 is 0 Å². The highest BCUT2D eigenvalue weighted by Crippen LogP contribution is 2.44. The predicted molar refractivity (Wildman–Crippen MR) is 150 cm³/mol. The van der Waals surface area contributed by atoms with E-state index in [9.17, 15) is 9.59 Å². The average molecular weight is 526 g/mol. The normalized spacial score (nSPS) is 19.0. The van der Waals surface area contributed by atoms with E-state index in [1.807, 2.05) is 72.8 Å². The molecule has 3 aromatic carbocycles. The van der Waals surface area contributed by atoms with Crippen molar-refractivity contribution in [1.82, 2.24) is 5.32 Å². The summed E-state index contributed by atoms with van der Waals surface area (Å²) in [6.45, 7) is 5.31. The molecule has 1 N–H and O–H groups in total. The molecule has 0 saturated heterocycles. The van der Waals surface area contributed by atoms with E-state index in [1.54, 1.807) is 7.11 Å². The topological polar surface area (TPSA) is 73.9 Å². The zero-order valence-corrected chi connectivity index (χ0v) is 22.7. The van der Waals surface area contributed by atoms with Crippen molar-refractivity contribution in [1.29, 1.82) is 0 Å². The molecule has 0 aromatic heterocycles. The Morgan fingerprint density at radius 3 is 2.31 bits per heavy atom. The molecular formula is C33H35NO5. The van der Waals surface area contributed by atoms with Crippen LogP contribution in [0, 0.1) is 5.92 Å². The first-order valence-corrected chi connectivity index (χ1v) is 13.5. The quantitative estimate of drug-likeness (QED) is 0.354. The summed E-state index contributed by atoms with van der Waals surface area (Å²) in [5.74, 6) is 2.18. The van der Waals surface area contributed by atoms with Gasteiger partial charge in [-0.2, -0.15) is 0 Å². The number of benzene rings is 3. The van der Waals surface area contributed by atoms with Crippen molar-refractivity contribution < 1.29 is 23.8 Å². The second-order valence-electron chi connectivity index (χ2n) is 10.7. The van der Waals surface area contributed by atoms with Gasteiger partial charge in [0.25, 0.3) is 0 Å². The van der Waals surface area contributed by atoms with Crippen LogP contribution < -0.4 is 19.5 Å². The third kappa shape index (κ3) is 6.17. The number of hydrogen-bond donors (Lipinski definition) is 1.